The molecule has 1 atom stereocenters. The van der Waals surface area contributed by atoms with Gasteiger partial charge in [-0.15, -0.1) is 0 Å². The summed E-state index contributed by atoms with van der Waals surface area (Å²) in [5, 5.41) is 0. The number of hydrogen-bond donors (Lipinski definition) is 0. The molecule has 0 saturated heterocycles. The molecular weight excluding hydrogens is 577 g/mol. The molecule has 0 rings (SSSR count). The van der Waals surface area contributed by atoms with Gasteiger partial charge in [-0.25, -0.2) is 0 Å². The minimum atomic E-state index is -8.82. The Kier molecular flexibility index (Phi) is 9.26. The summed E-state index contributed by atoms with van der Waals surface area (Å²) in [6, 6.07) is -7.28. The van der Waals surface area contributed by atoms with E-state index in [4.69, 9.17) is 0 Å². The van der Waals surface area contributed by atoms with Crippen LogP contribution in [0.5, 0.6) is 0 Å². The number of alkyl halides is 17. The van der Waals surface area contributed by atoms with Crippen LogP contribution in [0.25, 0.3) is 0 Å². The fourth-order valence-electron chi connectivity index (χ4n) is 1.96. The van der Waals surface area contributed by atoms with E-state index in [1.807, 2.05) is 0 Å². The average Bonchev–Trinajstić information content (AvgIpc) is 2.66. The second-order valence-corrected chi connectivity index (χ2v) is 7.04. The zero-order valence-electron chi connectivity index (χ0n) is 16.2. The summed E-state index contributed by atoms with van der Waals surface area (Å²) in [7, 11) is 0.977. The Morgan fingerprint density at radius 3 is 1.17 bits per heavy atom. The highest BCUT2D eigenvalue weighted by Crippen LogP contribution is 2.64. The van der Waals surface area contributed by atoms with Crippen molar-refractivity contribution in [2.75, 3.05) is 20.8 Å². The third-order valence-electron chi connectivity index (χ3n) is 4.04. The molecule has 212 valence electrons. The highest BCUT2D eigenvalue weighted by atomic mass is 32.2. The first-order valence-corrected chi connectivity index (χ1v) is 8.75. The molecule has 0 saturated carbocycles. The van der Waals surface area contributed by atoms with E-state index in [1.165, 1.54) is 0 Å². The van der Waals surface area contributed by atoms with Crippen LogP contribution in [0.3, 0.4) is 0 Å². The van der Waals surface area contributed by atoms with Gasteiger partial charge in [-0.3, -0.25) is 4.21 Å². The van der Waals surface area contributed by atoms with E-state index in [2.05, 4.69) is 9.47 Å². The van der Waals surface area contributed by atoms with Crippen molar-refractivity contribution in [1.82, 2.24) is 4.31 Å². The lowest BCUT2D eigenvalue weighted by molar-refractivity contribution is -0.466. The van der Waals surface area contributed by atoms with Gasteiger partial charge < -0.3 is 14.0 Å². The zero-order chi connectivity index (χ0) is 28.9. The Labute approximate surface area is 184 Å². The molecule has 0 aliphatic rings. The van der Waals surface area contributed by atoms with Gasteiger partial charge in [0.25, 0.3) is 0 Å². The van der Waals surface area contributed by atoms with Gasteiger partial charge in [0.15, 0.2) is 6.29 Å². The number of nitrogens with zero attached hydrogens (tertiary/aromatic N) is 1. The molecule has 5 nitrogen and oxygen atoms in total. The quantitative estimate of drug-likeness (QED) is 0.145. The molecule has 23 heteroatoms. The summed E-state index contributed by atoms with van der Waals surface area (Å²) in [6.45, 7) is -2.29. The monoisotopic (exact) mass is 586 g/mol. The Bertz CT molecular complexity index is 767. The number of halogens is 17. The van der Waals surface area contributed by atoms with Crippen molar-refractivity contribution < 1.29 is 92.9 Å². The number of hydrogen-bond acceptors (Lipinski definition) is 4. The van der Waals surface area contributed by atoms with Crippen LogP contribution < -0.4 is 0 Å². The minimum Gasteiger partial charge on any atom is -0.759 e. The van der Waals surface area contributed by atoms with Gasteiger partial charge >= 0.3 is 47.8 Å². The van der Waals surface area contributed by atoms with E-state index in [-0.39, 0.29) is 0 Å². The molecule has 0 heterocycles. The highest BCUT2D eigenvalue weighted by Gasteiger charge is 2.95. The summed E-state index contributed by atoms with van der Waals surface area (Å²) in [5.74, 6) is -51.4. The lowest BCUT2D eigenvalue weighted by atomic mass is 9.90. The van der Waals surface area contributed by atoms with E-state index in [0.29, 0.717) is 14.2 Å². The molecule has 0 N–H and O–H groups in total. The van der Waals surface area contributed by atoms with Crippen LogP contribution in [0.1, 0.15) is 0 Å². The molecule has 0 aromatic rings. The van der Waals surface area contributed by atoms with Gasteiger partial charge in [-0.05, 0) is 0 Å². The van der Waals surface area contributed by atoms with E-state index in [1.54, 1.807) is 0 Å². The second-order valence-electron chi connectivity index (χ2n) is 6.16. The van der Waals surface area contributed by atoms with E-state index >= 15 is 0 Å². The van der Waals surface area contributed by atoms with Gasteiger partial charge in [0.05, 0.1) is 6.54 Å². The standard InChI is InChI=1S/C12H10F17NO4S/c1-33-4(34-2)3-30(35(31)32)12(28,29)10(23,24)8(19,20)6(15,16)5(13,14)7(17,18)9(21,22)11(25,26)27/h4H,3H2,1-2H3,(H,31,32)/p-1. The fraction of sp³-hybridized carbons (Fsp3) is 1.00. The molecule has 0 amide bonds. The summed E-state index contributed by atoms with van der Waals surface area (Å²) >= 11 is -4.86. The maximum Gasteiger partial charge on any atom is 0.460 e. The Balaban J connectivity index is 6.91. The SMILES string of the molecule is COC(CN(S(=O)[O-])C(F)(F)C(F)(F)C(F)(F)C(F)(F)C(F)(F)C(F)(F)C(F)(F)C(F)(F)F)OC. The lowest BCUT2D eigenvalue weighted by Crippen LogP contribution is -2.76. The van der Waals surface area contributed by atoms with Gasteiger partial charge in [0, 0.05) is 25.5 Å². The highest BCUT2D eigenvalue weighted by molar-refractivity contribution is 7.76. The van der Waals surface area contributed by atoms with Crippen molar-refractivity contribution >= 4 is 11.3 Å². The molecule has 0 bridgehead atoms. The predicted molar refractivity (Wildman–Crippen MR) is 74.1 cm³/mol. The maximum atomic E-state index is 14.0. The Hall–Kier alpha value is -1.20. The molecule has 0 aliphatic carbocycles. The van der Waals surface area contributed by atoms with Crippen LogP contribution in [-0.2, 0) is 20.7 Å². The van der Waals surface area contributed by atoms with Crippen LogP contribution in [0.4, 0.5) is 74.6 Å². The van der Waals surface area contributed by atoms with E-state index in [0.717, 1.165) is 0 Å². The number of methoxy groups -OCH3 is 2. The molecule has 1 unspecified atom stereocenters. The van der Waals surface area contributed by atoms with Gasteiger partial charge in [0.2, 0.25) is 0 Å². The zero-order valence-corrected chi connectivity index (χ0v) is 17.0. The molecular formula is C12H9F17NO4S-. The number of ether oxygens (including phenoxy) is 2. The van der Waals surface area contributed by atoms with Crippen molar-refractivity contribution in [2.24, 2.45) is 0 Å². The first-order valence-electron chi connectivity index (χ1n) is 7.71. The third-order valence-corrected chi connectivity index (χ3v) is 4.78. The average molecular weight is 586 g/mol. The van der Waals surface area contributed by atoms with Crippen molar-refractivity contribution in [3.8, 4) is 0 Å². The number of rotatable bonds is 12. The van der Waals surface area contributed by atoms with Crippen LogP contribution in [0.15, 0.2) is 0 Å². The minimum absolute atomic E-state index is 0.489. The normalized spacial score (nSPS) is 16.9. The largest absolute Gasteiger partial charge is 0.759 e. The molecule has 0 aliphatic heterocycles. The lowest BCUT2D eigenvalue weighted by Gasteiger charge is -2.45. The van der Waals surface area contributed by atoms with Crippen molar-refractivity contribution in [3.05, 3.63) is 0 Å². The Morgan fingerprint density at radius 2 is 0.914 bits per heavy atom. The topological polar surface area (TPSA) is 61.8 Å². The molecule has 0 radical (unpaired) electrons. The van der Waals surface area contributed by atoms with Gasteiger partial charge in [-0.1, -0.05) is 0 Å². The Morgan fingerprint density at radius 1 is 0.629 bits per heavy atom. The van der Waals surface area contributed by atoms with Crippen molar-refractivity contribution in [3.63, 3.8) is 0 Å². The molecule has 0 fully saturated rings. The smallest absolute Gasteiger partial charge is 0.460 e. The van der Waals surface area contributed by atoms with Gasteiger partial charge in [0.1, 0.15) is 0 Å². The summed E-state index contributed by atoms with van der Waals surface area (Å²) in [5.41, 5.74) is 0. The van der Waals surface area contributed by atoms with Crippen molar-refractivity contribution in [1.29, 1.82) is 0 Å². The fourth-order valence-corrected chi connectivity index (χ4v) is 2.51. The van der Waals surface area contributed by atoms with Crippen LogP contribution in [0, 0.1) is 0 Å². The molecule has 0 aromatic carbocycles. The summed E-state index contributed by atoms with van der Waals surface area (Å²) in [6.07, 6.45) is -10.2. The van der Waals surface area contributed by atoms with Crippen LogP contribution >= 0.6 is 0 Å². The van der Waals surface area contributed by atoms with Crippen LogP contribution in [0.2, 0.25) is 0 Å². The first-order chi connectivity index (χ1) is 15.1. The van der Waals surface area contributed by atoms with Gasteiger partial charge in [-0.2, -0.15) is 78.9 Å². The van der Waals surface area contributed by atoms with E-state index in [9.17, 15) is 83.4 Å². The predicted octanol–water partition coefficient (Wildman–Crippen LogP) is 4.67. The van der Waals surface area contributed by atoms with Crippen LogP contribution in [-0.4, -0.2) is 87.9 Å². The summed E-state index contributed by atoms with van der Waals surface area (Å²) < 4.78 is 252. The van der Waals surface area contributed by atoms with Crippen molar-refractivity contribution in [2.45, 2.75) is 54.0 Å². The molecule has 0 aromatic heterocycles. The third kappa shape index (κ3) is 4.89. The van der Waals surface area contributed by atoms with E-state index < -0.39 is 76.2 Å². The maximum absolute atomic E-state index is 14.0. The molecule has 35 heavy (non-hydrogen) atoms. The first kappa shape index (κ1) is 33.8. The summed E-state index contributed by atoms with van der Waals surface area (Å²) in [4.78, 5) is 0. The molecule has 0 spiro atoms. The second kappa shape index (κ2) is 9.59.